The SMILES string of the molecule is CCOC(=O)c1ccc(-n2cc(C#N)c(-c3ccc(C)c(F)c3)c2)cc1OCOC. The van der Waals surface area contributed by atoms with E-state index in [1.807, 2.05) is 0 Å². The van der Waals surface area contributed by atoms with Crippen molar-refractivity contribution in [1.29, 1.82) is 5.26 Å². The van der Waals surface area contributed by atoms with Crippen LogP contribution in [0.3, 0.4) is 0 Å². The van der Waals surface area contributed by atoms with Gasteiger partial charge in [-0.1, -0.05) is 12.1 Å². The highest BCUT2D eigenvalue weighted by molar-refractivity contribution is 5.93. The van der Waals surface area contributed by atoms with Crippen LogP contribution in [0.25, 0.3) is 16.8 Å². The second-order valence-corrected chi connectivity index (χ2v) is 6.52. The molecule has 0 atom stereocenters. The number of benzene rings is 2. The number of ether oxygens (including phenoxy) is 3. The van der Waals surface area contributed by atoms with Gasteiger partial charge in [-0.3, -0.25) is 0 Å². The molecule has 0 amide bonds. The van der Waals surface area contributed by atoms with Gasteiger partial charge in [0.05, 0.1) is 12.2 Å². The lowest BCUT2D eigenvalue weighted by Crippen LogP contribution is -2.10. The van der Waals surface area contributed by atoms with Crippen LogP contribution in [0, 0.1) is 24.1 Å². The predicted molar refractivity (Wildman–Crippen MR) is 109 cm³/mol. The van der Waals surface area contributed by atoms with Crippen molar-refractivity contribution in [1.82, 2.24) is 4.57 Å². The lowest BCUT2D eigenvalue weighted by Gasteiger charge is -2.12. The number of hydrogen-bond donors (Lipinski definition) is 0. The summed E-state index contributed by atoms with van der Waals surface area (Å²) in [5.74, 6) is -0.544. The molecule has 1 aromatic heterocycles. The van der Waals surface area contributed by atoms with Crippen molar-refractivity contribution in [2.24, 2.45) is 0 Å². The lowest BCUT2D eigenvalue weighted by molar-refractivity contribution is 0.0438. The molecule has 0 spiro atoms. The number of halogens is 1. The number of esters is 1. The standard InChI is InChI=1S/C23H21FN2O4/c1-4-29-23(27)19-8-7-18(10-22(19)30-14-28-3)26-12-17(11-25)20(13-26)16-6-5-15(2)21(24)9-16/h5-10,12-13H,4,14H2,1-3H3. The van der Waals surface area contributed by atoms with Gasteiger partial charge in [-0.25, -0.2) is 9.18 Å². The number of carbonyl (C=O) groups excluding carboxylic acids is 1. The summed E-state index contributed by atoms with van der Waals surface area (Å²) >= 11 is 0. The molecule has 154 valence electrons. The molecule has 0 saturated heterocycles. The number of rotatable bonds is 7. The molecule has 0 aliphatic rings. The zero-order valence-corrected chi connectivity index (χ0v) is 16.9. The average molecular weight is 408 g/mol. The average Bonchev–Trinajstić information content (AvgIpc) is 3.18. The van der Waals surface area contributed by atoms with Crippen molar-refractivity contribution in [2.75, 3.05) is 20.5 Å². The van der Waals surface area contributed by atoms with Crippen LogP contribution >= 0.6 is 0 Å². The molecule has 0 aliphatic heterocycles. The smallest absolute Gasteiger partial charge is 0.341 e. The van der Waals surface area contributed by atoms with Crippen molar-refractivity contribution in [3.8, 4) is 28.6 Å². The molecule has 30 heavy (non-hydrogen) atoms. The fourth-order valence-corrected chi connectivity index (χ4v) is 2.97. The molecular formula is C23H21FN2O4. The maximum atomic E-state index is 14.0. The summed E-state index contributed by atoms with van der Waals surface area (Å²) in [5, 5.41) is 9.55. The zero-order valence-electron chi connectivity index (χ0n) is 16.9. The first-order valence-electron chi connectivity index (χ1n) is 9.30. The molecule has 1 heterocycles. The molecule has 0 fully saturated rings. The Morgan fingerprint density at radius 3 is 2.67 bits per heavy atom. The van der Waals surface area contributed by atoms with Gasteiger partial charge in [0.15, 0.2) is 6.79 Å². The number of nitriles is 1. The summed E-state index contributed by atoms with van der Waals surface area (Å²) in [7, 11) is 1.48. The monoisotopic (exact) mass is 408 g/mol. The normalized spacial score (nSPS) is 10.5. The molecule has 0 saturated carbocycles. The van der Waals surface area contributed by atoms with Crippen LogP contribution in [-0.2, 0) is 9.47 Å². The van der Waals surface area contributed by atoms with Gasteiger partial charge < -0.3 is 18.8 Å². The summed E-state index contributed by atoms with van der Waals surface area (Å²) in [5.41, 5.74) is 3.06. The van der Waals surface area contributed by atoms with Gasteiger partial charge in [0.25, 0.3) is 0 Å². The van der Waals surface area contributed by atoms with Crippen LogP contribution in [0.15, 0.2) is 48.8 Å². The summed E-state index contributed by atoms with van der Waals surface area (Å²) < 4.78 is 31.3. The van der Waals surface area contributed by atoms with Gasteiger partial charge in [-0.05, 0) is 43.2 Å². The number of aromatic nitrogens is 1. The first-order valence-corrected chi connectivity index (χ1v) is 9.30. The van der Waals surface area contributed by atoms with Crippen molar-refractivity contribution >= 4 is 5.97 Å². The summed E-state index contributed by atoms with van der Waals surface area (Å²) in [4.78, 5) is 12.2. The Morgan fingerprint density at radius 1 is 1.20 bits per heavy atom. The molecule has 6 nitrogen and oxygen atoms in total. The number of aryl methyl sites for hydroxylation is 1. The highest BCUT2D eigenvalue weighted by Crippen LogP contribution is 2.30. The maximum Gasteiger partial charge on any atom is 0.341 e. The predicted octanol–water partition coefficient (Wildman–Crippen LogP) is 4.62. The van der Waals surface area contributed by atoms with Gasteiger partial charge >= 0.3 is 5.97 Å². The van der Waals surface area contributed by atoms with E-state index in [2.05, 4.69) is 6.07 Å². The second-order valence-electron chi connectivity index (χ2n) is 6.52. The Morgan fingerprint density at radius 2 is 2.00 bits per heavy atom. The molecule has 3 aromatic rings. The third kappa shape index (κ3) is 4.34. The Balaban J connectivity index is 2.05. The van der Waals surface area contributed by atoms with Crippen molar-refractivity contribution < 1.29 is 23.4 Å². The summed E-state index contributed by atoms with van der Waals surface area (Å²) in [6.07, 6.45) is 3.38. The Bertz CT molecular complexity index is 1110. The minimum atomic E-state index is -0.504. The van der Waals surface area contributed by atoms with Gasteiger partial charge in [-0.2, -0.15) is 5.26 Å². The highest BCUT2D eigenvalue weighted by Gasteiger charge is 2.17. The molecule has 0 aliphatic carbocycles. The van der Waals surface area contributed by atoms with Crippen molar-refractivity contribution in [3.63, 3.8) is 0 Å². The minimum Gasteiger partial charge on any atom is -0.467 e. The molecule has 7 heteroatoms. The largest absolute Gasteiger partial charge is 0.467 e. The topological polar surface area (TPSA) is 73.5 Å². The van der Waals surface area contributed by atoms with E-state index in [0.717, 1.165) is 0 Å². The Hall–Kier alpha value is -3.63. The lowest BCUT2D eigenvalue weighted by atomic mass is 10.0. The van der Waals surface area contributed by atoms with E-state index < -0.39 is 5.97 Å². The van der Waals surface area contributed by atoms with Gasteiger partial charge in [0.2, 0.25) is 0 Å². The molecular weight excluding hydrogens is 387 g/mol. The summed E-state index contributed by atoms with van der Waals surface area (Å²) in [6, 6.07) is 12.0. The number of carbonyl (C=O) groups is 1. The highest BCUT2D eigenvalue weighted by atomic mass is 19.1. The van der Waals surface area contributed by atoms with E-state index in [-0.39, 0.29) is 24.8 Å². The van der Waals surface area contributed by atoms with E-state index in [9.17, 15) is 14.4 Å². The molecule has 2 aromatic carbocycles. The number of hydrogen-bond acceptors (Lipinski definition) is 5. The van der Waals surface area contributed by atoms with E-state index in [0.29, 0.717) is 33.7 Å². The van der Waals surface area contributed by atoms with Crippen LogP contribution in [0.5, 0.6) is 5.75 Å². The van der Waals surface area contributed by atoms with Crippen LogP contribution in [-0.4, -0.2) is 31.0 Å². The van der Waals surface area contributed by atoms with Crippen LogP contribution < -0.4 is 4.74 Å². The third-order valence-electron chi connectivity index (χ3n) is 4.52. The van der Waals surface area contributed by atoms with E-state index in [4.69, 9.17) is 14.2 Å². The van der Waals surface area contributed by atoms with Gasteiger partial charge in [0.1, 0.15) is 23.2 Å². The molecule has 0 N–H and O–H groups in total. The number of nitrogens with zero attached hydrogens (tertiary/aromatic N) is 2. The van der Waals surface area contributed by atoms with Crippen LogP contribution in [0.1, 0.15) is 28.4 Å². The fourth-order valence-electron chi connectivity index (χ4n) is 2.97. The molecule has 0 unspecified atom stereocenters. The maximum absolute atomic E-state index is 14.0. The van der Waals surface area contributed by atoms with E-state index in [1.54, 1.807) is 61.1 Å². The number of methoxy groups -OCH3 is 1. The van der Waals surface area contributed by atoms with E-state index in [1.165, 1.54) is 13.2 Å². The Kier molecular flexibility index (Phi) is 6.50. The zero-order chi connectivity index (χ0) is 21.7. The van der Waals surface area contributed by atoms with Crippen LogP contribution in [0.2, 0.25) is 0 Å². The third-order valence-corrected chi connectivity index (χ3v) is 4.52. The summed E-state index contributed by atoms with van der Waals surface area (Å²) in [6.45, 7) is 3.60. The Labute approximate surface area is 174 Å². The van der Waals surface area contributed by atoms with E-state index >= 15 is 0 Å². The molecule has 0 radical (unpaired) electrons. The first kappa shape index (κ1) is 21.1. The van der Waals surface area contributed by atoms with Gasteiger partial charge in [0, 0.05) is 36.8 Å². The quantitative estimate of drug-likeness (QED) is 0.421. The van der Waals surface area contributed by atoms with Crippen molar-refractivity contribution in [3.05, 3.63) is 71.3 Å². The van der Waals surface area contributed by atoms with Crippen LogP contribution in [0.4, 0.5) is 4.39 Å². The second kappa shape index (κ2) is 9.25. The molecule has 0 bridgehead atoms. The molecule has 3 rings (SSSR count). The van der Waals surface area contributed by atoms with Gasteiger partial charge in [-0.15, -0.1) is 0 Å². The minimum absolute atomic E-state index is 0.0428. The van der Waals surface area contributed by atoms with Crippen molar-refractivity contribution in [2.45, 2.75) is 13.8 Å². The fraction of sp³-hybridized carbons (Fsp3) is 0.217. The first-order chi connectivity index (χ1) is 14.5.